The molecule has 0 bridgehead atoms. The first-order valence-corrected chi connectivity index (χ1v) is 12.9. The number of benzene rings is 3. The molecule has 0 aromatic heterocycles. The van der Waals surface area contributed by atoms with Crippen LogP contribution in [0.4, 0.5) is 0 Å². The van der Waals surface area contributed by atoms with Crippen molar-refractivity contribution in [2.75, 3.05) is 6.61 Å². The van der Waals surface area contributed by atoms with Crippen molar-refractivity contribution in [2.45, 2.75) is 44.9 Å². The Morgan fingerprint density at radius 1 is 0.844 bits per heavy atom. The average Bonchev–Trinajstić information content (AvgIpc) is 2.79. The molecule has 0 radical (unpaired) electrons. The number of aliphatic hydroxyl groups is 1. The molecule has 0 aliphatic heterocycles. The summed E-state index contributed by atoms with van der Waals surface area (Å²) in [4.78, 5) is 12.3. The molecule has 168 valence electrons. The Labute approximate surface area is 192 Å². The molecule has 1 N–H and O–H groups in total. The van der Waals surface area contributed by atoms with Crippen LogP contribution >= 0.6 is 0 Å². The highest BCUT2D eigenvalue weighted by Crippen LogP contribution is 2.36. The van der Waals surface area contributed by atoms with E-state index in [0.717, 1.165) is 15.9 Å². The molecular formula is C27H32O4Si. The summed E-state index contributed by atoms with van der Waals surface area (Å²) in [5, 5.41) is 12.7. The molecular weight excluding hydrogens is 416 g/mol. The smallest absolute Gasteiger partial charge is 0.308 e. The fraction of sp³-hybridized carbons (Fsp3) is 0.296. The van der Waals surface area contributed by atoms with Gasteiger partial charge in [-0.15, -0.1) is 0 Å². The zero-order valence-electron chi connectivity index (χ0n) is 19.0. The molecule has 0 saturated heterocycles. The monoisotopic (exact) mass is 448 g/mol. The number of ether oxygens (including phenoxy) is 1. The predicted molar refractivity (Wildman–Crippen MR) is 130 cm³/mol. The van der Waals surface area contributed by atoms with E-state index in [-0.39, 0.29) is 24.7 Å². The van der Waals surface area contributed by atoms with Gasteiger partial charge >= 0.3 is 5.97 Å². The predicted octanol–water partition coefficient (Wildman–Crippen LogP) is 4.06. The molecule has 3 rings (SSSR count). The van der Waals surface area contributed by atoms with E-state index >= 15 is 0 Å². The quantitative estimate of drug-likeness (QED) is 0.396. The minimum absolute atomic E-state index is 0.0632. The van der Waals surface area contributed by atoms with E-state index < -0.39 is 20.4 Å². The molecule has 3 aromatic rings. The van der Waals surface area contributed by atoms with Crippen molar-refractivity contribution in [3.8, 4) is 0 Å². The van der Waals surface area contributed by atoms with Crippen LogP contribution in [-0.4, -0.2) is 32.1 Å². The number of carbonyl (C=O) groups excluding carboxylic acids is 1. The largest absolute Gasteiger partial charge is 0.461 e. The zero-order valence-corrected chi connectivity index (χ0v) is 20.0. The van der Waals surface area contributed by atoms with Crippen LogP contribution in [-0.2, 0) is 20.6 Å². The molecule has 32 heavy (non-hydrogen) atoms. The number of carbonyl (C=O) groups is 1. The minimum atomic E-state index is -2.75. The van der Waals surface area contributed by atoms with Gasteiger partial charge in [0.1, 0.15) is 6.61 Å². The Bertz CT molecular complexity index is 929. The molecule has 0 fully saturated rings. The van der Waals surface area contributed by atoms with E-state index in [9.17, 15) is 9.90 Å². The summed E-state index contributed by atoms with van der Waals surface area (Å²) in [6, 6.07) is 30.0. The summed E-state index contributed by atoms with van der Waals surface area (Å²) >= 11 is 0. The first-order valence-electron chi connectivity index (χ1n) is 11.0. The van der Waals surface area contributed by atoms with Crippen LogP contribution in [0, 0.1) is 0 Å². The van der Waals surface area contributed by atoms with E-state index in [2.05, 4.69) is 45.0 Å². The van der Waals surface area contributed by atoms with Crippen molar-refractivity contribution in [3.63, 3.8) is 0 Å². The summed E-state index contributed by atoms with van der Waals surface area (Å²) in [6.45, 7) is 6.80. The number of rotatable bonds is 9. The summed E-state index contributed by atoms with van der Waals surface area (Å²) in [5.41, 5.74) is 0.916. The molecule has 0 amide bonds. The number of hydrogen-bond acceptors (Lipinski definition) is 4. The molecule has 0 aliphatic rings. The fourth-order valence-corrected chi connectivity index (χ4v) is 8.63. The highest BCUT2D eigenvalue weighted by atomic mass is 28.4. The third-order valence-corrected chi connectivity index (χ3v) is 10.6. The van der Waals surface area contributed by atoms with Gasteiger partial charge in [0.05, 0.1) is 19.1 Å². The Kier molecular flexibility index (Phi) is 8.02. The van der Waals surface area contributed by atoms with E-state index in [1.165, 1.54) is 0 Å². The molecule has 5 heteroatoms. The lowest BCUT2D eigenvalue weighted by molar-refractivity contribution is -0.147. The molecule has 0 unspecified atom stereocenters. The number of hydrogen-bond donors (Lipinski definition) is 1. The standard InChI is InChI=1S/C27H32O4Si/c1-27(2,3)32(24-15-9-5-10-16-24,25-17-11-6-12-18-25)31-21-23(28)19-26(29)30-20-22-13-7-4-8-14-22/h4-18,23,28H,19-21H2,1-3H3/t23-/m1/s1. The third-order valence-electron chi connectivity index (χ3n) is 5.55. The maximum Gasteiger partial charge on any atom is 0.308 e. The van der Waals surface area contributed by atoms with Crippen LogP contribution < -0.4 is 10.4 Å². The van der Waals surface area contributed by atoms with Gasteiger partial charge in [-0.05, 0) is 21.0 Å². The molecule has 0 spiro atoms. The Morgan fingerprint density at radius 3 is 1.78 bits per heavy atom. The van der Waals surface area contributed by atoms with E-state index in [4.69, 9.17) is 9.16 Å². The molecule has 4 nitrogen and oxygen atoms in total. The maximum absolute atomic E-state index is 12.3. The second kappa shape index (κ2) is 10.7. The van der Waals surface area contributed by atoms with Gasteiger partial charge in [0.2, 0.25) is 0 Å². The SMILES string of the molecule is CC(C)(C)[Si](OC[C@H](O)CC(=O)OCc1ccccc1)(c1ccccc1)c1ccccc1. The molecule has 3 aromatic carbocycles. The normalized spacial score (nSPS) is 12.9. The van der Waals surface area contributed by atoms with Crippen LogP contribution in [0.15, 0.2) is 91.0 Å². The lowest BCUT2D eigenvalue weighted by Crippen LogP contribution is -2.67. The summed E-state index contributed by atoms with van der Waals surface area (Å²) < 4.78 is 12.0. The summed E-state index contributed by atoms with van der Waals surface area (Å²) in [6.07, 6.45) is -1.05. The van der Waals surface area contributed by atoms with Crippen molar-refractivity contribution in [3.05, 3.63) is 96.6 Å². The summed E-state index contributed by atoms with van der Waals surface area (Å²) in [5.74, 6) is -0.438. The van der Waals surface area contributed by atoms with Gasteiger partial charge in [-0.2, -0.15) is 0 Å². The highest BCUT2D eigenvalue weighted by Gasteiger charge is 2.50. The van der Waals surface area contributed by atoms with Gasteiger partial charge in [-0.1, -0.05) is 112 Å². The van der Waals surface area contributed by atoms with Crippen molar-refractivity contribution in [1.82, 2.24) is 0 Å². The van der Waals surface area contributed by atoms with Gasteiger partial charge in [0.15, 0.2) is 0 Å². The summed E-state index contributed by atoms with van der Waals surface area (Å²) in [7, 11) is -2.75. The third kappa shape index (κ3) is 5.74. The van der Waals surface area contributed by atoms with E-state index in [0.29, 0.717) is 0 Å². The Hall–Kier alpha value is -2.73. The van der Waals surface area contributed by atoms with Crippen molar-refractivity contribution >= 4 is 24.7 Å². The molecule has 0 aliphatic carbocycles. The van der Waals surface area contributed by atoms with Gasteiger partial charge in [-0.25, -0.2) is 0 Å². The van der Waals surface area contributed by atoms with Gasteiger partial charge < -0.3 is 14.3 Å². The number of aliphatic hydroxyl groups excluding tert-OH is 1. The first kappa shape index (κ1) is 23.9. The van der Waals surface area contributed by atoms with E-state index in [1.807, 2.05) is 66.7 Å². The van der Waals surface area contributed by atoms with Crippen LogP contribution in [0.2, 0.25) is 5.04 Å². The van der Waals surface area contributed by atoms with Gasteiger partial charge in [0, 0.05) is 0 Å². The number of esters is 1. The van der Waals surface area contributed by atoms with Crippen molar-refractivity contribution < 1.29 is 19.1 Å². The molecule has 0 saturated carbocycles. The van der Waals surface area contributed by atoms with Crippen molar-refractivity contribution in [2.24, 2.45) is 0 Å². The average molecular weight is 449 g/mol. The zero-order chi connectivity index (χ0) is 23.0. The Morgan fingerprint density at radius 2 is 1.31 bits per heavy atom. The second-order valence-corrected chi connectivity index (χ2v) is 13.3. The van der Waals surface area contributed by atoms with Crippen LogP contribution in [0.25, 0.3) is 0 Å². The maximum atomic E-state index is 12.3. The first-order chi connectivity index (χ1) is 15.3. The van der Waals surface area contributed by atoms with Crippen LogP contribution in [0.3, 0.4) is 0 Å². The topological polar surface area (TPSA) is 55.8 Å². The lowest BCUT2D eigenvalue weighted by Gasteiger charge is -2.43. The second-order valence-electron chi connectivity index (χ2n) is 8.98. The highest BCUT2D eigenvalue weighted by molar-refractivity contribution is 6.99. The lowest BCUT2D eigenvalue weighted by atomic mass is 10.2. The Balaban J connectivity index is 1.75. The van der Waals surface area contributed by atoms with Gasteiger partial charge in [0.25, 0.3) is 8.32 Å². The van der Waals surface area contributed by atoms with Crippen LogP contribution in [0.1, 0.15) is 32.8 Å². The van der Waals surface area contributed by atoms with Crippen molar-refractivity contribution in [1.29, 1.82) is 0 Å². The minimum Gasteiger partial charge on any atom is -0.461 e. The molecule has 0 heterocycles. The van der Waals surface area contributed by atoms with Crippen LogP contribution in [0.5, 0.6) is 0 Å². The van der Waals surface area contributed by atoms with Gasteiger partial charge in [-0.3, -0.25) is 4.79 Å². The fourth-order valence-electron chi connectivity index (χ4n) is 4.03. The van der Waals surface area contributed by atoms with E-state index in [1.54, 1.807) is 0 Å². The molecule has 1 atom stereocenters.